The Morgan fingerprint density at radius 3 is 2.24 bits per heavy atom. The Balaban J connectivity index is 1.36. The normalized spacial score (nSPS) is 14.0. The summed E-state index contributed by atoms with van der Waals surface area (Å²) in [4.78, 5) is 25.1. The van der Waals surface area contributed by atoms with Gasteiger partial charge in [0.25, 0.3) is 5.91 Å². The highest BCUT2D eigenvalue weighted by Crippen LogP contribution is 2.19. The van der Waals surface area contributed by atoms with E-state index < -0.39 is 11.7 Å². The second-order valence-corrected chi connectivity index (χ2v) is 6.67. The first-order valence-electron chi connectivity index (χ1n) is 9.23. The molecule has 0 aliphatic carbocycles. The molecule has 1 amide bonds. The molecule has 0 unspecified atom stereocenters. The van der Waals surface area contributed by atoms with Crippen LogP contribution in [0.2, 0.25) is 0 Å². The maximum absolute atomic E-state index is 13.2. The van der Waals surface area contributed by atoms with E-state index in [4.69, 9.17) is 0 Å². The van der Waals surface area contributed by atoms with Gasteiger partial charge in [-0.2, -0.15) is 0 Å². The zero-order chi connectivity index (χ0) is 20.2. The molecule has 1 saturated heterocycles. The Bertz CT molecular complexity index is 987. The topological polar surface area (TPSA) is 61.4 Å². The molecule has 1 fully saturated rings. The highest BCUT2D eigenvalue weighted by molar-refractivity contribution is 6.02. The van der Waals surface area contributed by atoms with Gasteiger partial charge in [0.2, 0.25) is 0 Å². The van der Waals surface area contributed by atoms with Crippen LogP contribution >= 0.6 is 0 Å². The van der Waals surface area contributed by atoms with Gasteiger partial charge in [0.15, 0.2) is 0 Å². The fourth-order valence-electron chi connectivity index (χ4n) is 3.21. The van der Waals surface area contributed by atoms with Crippen LogP contribution in [0.4, 0.5) is 26.0 Å². The van der Waals surface area contributed by atoms with Crippen molar-refractivity contribution in [3.05, 3.63) is 78.3 Å². The average molecular weight is 395 g/mol. The molecule has 0 atom stereocenters. The van der Waals surface area contributed by atoms with Crippen LogP contribution in [0, 0.1) is 11.6 Å². The molecule has 1 aromatic heterocycles. The largest absolute Gasteiger partial charge is 0.368 e. The number of carbonyl (C=O) groups is 1. The zero-order valence-electron chi connectivity index (χ0n) is 15.6. The summed E-state index contributed by atoms with van der Waals surface area (Å²) in [7, 11) is 0. The molecule has 1 N–H and O–H groups in total. The third-order valence-corrected chi connectivity index (χ3v) is 4.75. The van der Waals surface area contributed by atoms with E-state index in [0.29, 0.717) is 11.5 Å². The molecule has 2 aromatic carbocycles. The van der Waals surface area contributed by atoms with Gasteiger partial charge >= 0.3 is 0 Å². The van der Waals surface area contributed by atoms with Gasteiger partial charge in [0, 0.05) is 37.6 Å². The minimum atomic E-state index is -0.448. The lowest BCUT2D eigenvalue weighted by molar-refractivity contribution is 0.102. The first-order chi connectivity index (χ1) is 14.1. The highest BCUT2D eigenvalue weighted by atomic mass is 19.1. The molecule has 2 heterocycles. The summed E-state index contributed by atoms with van der Waals surface area (Å²) in [5.41, 5.74) is 1.50. The van der Waals surface area contributed by atoms with Crippen molar-refractivity contribution in [2.45, 2.75) is 0 Å². The van der Waals surface area contributed by atoms with Crippen LogP contribution in [0.1, 0.15) is 10.5 Å². The molecule has 0 saturated carbocycles. The molecule has 4 rings (SSSR count). The molecule has 0 radical (unpaired) electrons. The van der Waals surface area contributed by atoms with Crippen molar-refractivity contribution in [1.29, 1.82) is 0 Å². The van der Waals surface area contributed by atoms with E-state index in [9.17, 15) is 13.6 Å². The van der Waals surface area contributed by atoms with Crippen molar-refractivity contribution >= 4 is 23.1 Å². The molecule has 29 heavy (non-hydrogen) atoms. The number of benzene rings is 2. The number of rotatable bonds is 4. The second-order valence-electron chi connectivity index (χ2n) is 6.67. The summed E-state index contributed by atoms with van der Waals surface area (Å²) in [5.74, 6) is -0.435. The van der Waals surface area contributed by atoms with Crippen molar-refractivity contribution in [2.24, 2.45) is 0 Å². The SMILES string of the molecule is O=C(Nc1cccc(F)c1)c1cnc(N2CCN(c3ccc(F)cc3)CC2)cn1. The van der Waals surface area contributed by atoms with Gasteiger partial charge in [0.1, 0.15) is 23.1 Å². The van der Waals surface area contributed by atoms with Crippen LogP contribution in [0.15, 0.2) is 60.9 Å². The second kappa shape index (κ2) is 8.22. The predicted octanol–water partition coefficient (Wildman–Crippen LogP) is 3.33. The van der Waals surface area contributed by atoms with Crippen LogP contribution < -0.4 is 15.1 Å². The number of hydrogen-bond donors (Lipinski definition) is 1. The van der Waals surface area contributed by atoms with Crippen molar-refractivity contribution in [2.75, 3.05) is 41.3 Å². The third kappa shape index (κ3) is 4.48. The first kappa shape index (κ1) is 18.8. The molecule has 1 aliphatic heterocycles. The monoisotopic (exact) mass is 395 g/mol. The first-order valence-corrected chi connectivity index (χ1v) is 9.23. The summed E-state index contributed by atoms with van der Waals surface area (Å²) in [6, 6.07) is 12.1. The van der Waals surface area contributed by atoms with E-state index in [2.05, 4.69) is 25.1 Å². The number of piperazine rings is 1. The molecule has 3 aromatic rings. The van der Waals surface area contributed by atoms with Gasteiger partial charge in [-0.3, -0.25) is 4.79 Å². The number of halogens is 2. The highest BCUT2D eigenvalue weighted by Gasteiger charge is 2.19. The van der Waals surface area contributed by atoms with E-state index in [1.165, 1.54) is 36.5 Å². The van der Waals surface area contributed by atoms with Crippen LogP contribution in [-0.4, -0.2) is 42.1 Å². The van der Waals surface area contributed by atoms with Crippen LogP contribution in [0.25, 0.3) is 0 Å². The number of anilines is 3. The fourth-order valence-corrected chi connectivity index (χ4v) is 3.21. The lowest BCUT2D eigenvalue weighted by Crippen LogP contribution is -2.46. The Morgan fingerprint density at radius 2 is 1.59 bits per heavy atom. The Labute approximate surface area is 166 Å². The van der Waals surface area contributed by atoms with Crippen LogP contribution in [0.5, 0.6) is 0 Å². The summed E-state index contributed by atoms with van der Waals surface area (Å²) >= 11 is 0. The van der Waals surface area contributed by atoms with Crippen molar-refractivity contribution in [3.8, 4) is 0 Å². The van der Waals surface area contributed by atoms with E-state index in [1.807, 2.05) is 0 Å². The molecule has 6 nitrogen and oxygen atoms in total. The molecular formula is C21H19F2N5O. The Morgan fingerprint density at radius 1 is 0.862 bits per heavy atom. The van der Waals surface area contributed by atoms with Gasteiger partial charge < -0.3 is 15.1 Å². The number of aromatic nitrogens is 2. The maximum atomic E-state index is 13.2. The van der Waals surface area contributed by atoms with Gasteiger partial charge in [-0.25, -0.2) is 18.7 Å². The van der Waals surface area contributed by atoms with E-state index in [-0.39, 0.29) is 11.5 Å². The third-order valence-electron chi connectivity index (χ3n) is 4.75. The van der Waals surface area contributed by atoms with E-state index >= 15 is 0 Å². The minimum Gasteiger partial charge on any atom is -0.368 e. The summed E-state index contributed by atoms with van der Waals surface area (Å²) in [6.07, 6.45) is 2.98. The Kier molecular flexibility index (Phi) is 5.33. The predicted molar refractivity (Wildman–Crippen MR) is 107 cm³/mol. The van der Waals surface area contributed by atoms with Gasteiger partial charge in [0.05, 0.1) is 12.4 Å². The van der Waals surface area contributed by atoms with Gasteiger partial charge in [-0.15, -0.1) is 0 Å². The molecule has 0 bridgehead atoms. The number of amides is 1. The zero-order valence-corrected chi connectivity index (χ0v) is 15.6. The number of hydrogen-bond acceptors (Lipinski definition) is 5. The fraction of sp³-hybridized carbons (Fsp3) is 0.190. The molecule has 8 heteroatoms. The Hall–Kier alpha value is -3.55. The smallest absolute Gasteiger partial charge is 0.275 e. The van der Waals surface area contributed by atoms with Crippen molar-refractivity contribution in [1.82, 2.24) is 9.97 Å². The summed E-state index contributed by atoms with van der Waals surface area (Å²) in [5, 5.41) is 2.60. The summed E-state index contributed by atoms with van der Waals surface area (Å²) in [6.45, 7) is 3.02. The van der Waals surface area contributed by atoms with Crippen LogP contribution in [-0.2, 0) is 0 Å². The lowest BCUT2D eigenvalue weighted by atomic mass is 10.2. The average Bonchev–Trinajstić information content (AvgIpc) is 2.75. The molecular weight excluding hydrogens is 376 g/mol. The van der Waals surface area contributed by atoms with Gasteiger partial charge in [-0.05, 0) is 42.5 Å². The van der Waals surface area contributed by atoms with E-state index in [0.717, 1.165) is 31.9 Å². The molecule has 0 spiro atoms. The van der Waals surface area contributed by atoms with Crippen molar-refractivity contribution in [3.63, 3.8) is 0 Å². The van der Waals surface area contributed by atoms with E-state index in [1.54, 1.807) is 24.4 Å². The number of carbonyl (C=O) groups excluding carboxylic acids is 1. The van der Waals surface area contributed by atoms with Crippen molar-refractivity contribution < 1.29 is 13.6 Å². The molecule has 148 valence electrons. The van der Waals surface area contributed by atoms with Gasteiger partial charge in [-0.1, -0.05) is 6.07 Å². The maximum Gasteiger partial charge on any atom is 0.275 e. The summed E-state index contributed by atoms with van der Waals surface area (Å²) < 4.78 is 26.3. The number of nitrogens with zero attached hydrogens (tertiary/aromatic N) is 4. The number of nitrogens with one attached hydrogen (secondary N) is 1. The minimum absolute atomic E-state index is 0.156. The standard InChI is InChI=1S/C21H19F2N5O/c22-15-4-6-18(7-5-15)27-8-10-28(11-9-27)20-14-24-19(13-25-20)21(29)26-17-3-1-2-16(23)12-17/h1-7,12-14H,8-11H2,(H,26,29). The quantitative estimate of drug-likeness (QED) is 0.734. The molecule has 1 aliphatic rings. The van der Waals surface area contributed by atoms with Crippen LogP contribution in [0.3, 0.4) is 0 Å². The lowest BCUT2D eigenvalue weighted by Gasteiger charge is -2.36.